The summed E-state index contributed by atoms with van der Waals surface area (Å²) >= 11 is 0. The van der Waals surface area contributed by atoms with Gasteiger partial charge in [0.1, 0.15) is 0 Å². The molecule has 5 nitrogen and oxygen atoms in total. The zero-order valence-corrected chi connectivity index (χ0v) is 39.5. The molecule has 6 heteroatoms. The first kappa shape index (κ1) is 54.6. The van der Waals surface area contributed by atoms with Gasteiger partial charge >= 0.3 is 0 Å². The maximum absolute atomic E-state index is 14.3. The summed E-state index contributed by atoms with van der Waals surface area (Å²) in [6.07, 6.45) is 44.6. The Morgan fingerprint density at radius 3 is 1.25 bits per heavy atom. The molecule has 0 aliphatic carbocycles. The van der Waals surface area contributed by atoms with Gasteiger partial charge in [-0.25, -0.2) is 0 Å². The molecule has 0 spiro atoms. The highest BCUT2D eigenvalue weighted by molar-refractivity contribution is 7.45. The van der Waals surface area contributed by atoms with Crippen molar-refractivity contribution in [3.8, 4) is 0 Å². The van der Waals surface area contributed by atoms with E-state index in [4.69, 9.17) is 0 Å². The normalized spacial score (nSPS) is 14.0. The van der Waals surface area contributed by atoms with Gasteiger partial charge in [-0.05, 0) is 45.2 Å². The second kappa shape index (κ2) is 41.8. The Labute approximate surface area is 346 Å². The van der Waals surface area contributed by atoms with E-state index in [0.29, 0.717) is 31.0 Å². The lowest BCUT2D eigenvalue weighted by molar-refractivity contribution is -0.132. The molecule has 0 fully saturated rings. The quantitative estimate of drug-likeness (QED) is 0.0493. The Bertz CT molecular complexity index is 824. The van der Waals surface area contributed by atoms with E-state index in [9.17, 15) is 14.5 Å². The number of hydrogen-bond acceptors (Lipinski definition) is 4. The molecule has 0 bridgehead atoms. The lowest BCUT2D eigenvalue weighted by Gasteiger charge is -2.30. The van der Waals surface area contributed by atoms with Crippen LogP contribution in [0.25, 0.3) is 0 Å². The van der Waals surface area contributed by atoms with Gasteiger partial charge in [0.25, 0.3) is 0 Å². The van der Waals surface area contributed by atoms with Crippen molar-refractivity contribution < 1.29 is 14.5 Å². The first-order chi connectivity index (χ1) is 26.8. The number of nitrogens with zero attached hydrogens (tertiary/aromatic N) is 2. The van der Waals surface area contributed by atoms with Gasteiger partial charge in [-0.2, -0.15) is 0 Å². The van der Waals surface area contributed by atoms with Crippen molar-refractivity contribution in [3.63, 3.8) is 0 Å². The van der Waals surface area contributed by atoms with E-state index in [0.717, 1.165) is 32.4 Å². The molecule has 1 N–H and O–H groups in total. The van der Waals surface area contributed by atoms with Crippen LogP contribution in [0.3, 0.4) is 0 Å². The Balaban J connectivity index is 5.35. The summed E-state index contributed by atoms with van der Waals surface area (Å²) in [4.78, 5) is 18.5. The number of carbonyl (C=O) groups excluding carboxylic acids is 1. The van der Waals surface area contributed by atoms with E-state index < -0.39 is 7.80 Å². The Kier molecular flexibility index (Phi) is 41.5. The van der Waals surface area contributed by atoms with Crippen molar-refractivity contribution in [1.29, 1.82) is 0 Å². The van der Waals surface area contributed by atoms with E-state index in [1.165, 1.54) is 193 Å². The van der Waals surface area contributed by atoms with Crippen LogP contribution in [0, 0.1) is 11.8 Å². The Morgan fingerprint density at radius 2 is 0.855 bits per heavy atom. The first-order valence-corrected chi connectivity index (χ1v) is 26.6. The standard InChI is InChI=1S/C49H101N2O3P/c1-7-11-15-18-20-22-24-26-28-30-33-36-46(35-14-10-4)39-40-51(44-48(45-52)55(54)42-41-50(5)6)49(53)43-47(37-32-17-13-9-3)38-34-31-29-27-25-23-21-19-16-12-8-2/h46-48,52,55H,7-45H2,1-6H3. The van der Waals surface area contributed by atoms with Crippen LogP contribution in [0.4, 0.5) is 0 Å². The Morgan fingerprint density at radius 1 is 0.491 bits per heavy atom. The molecule has 0 rings (SSSR count). The number of rotatable bonds is 44. The zero-order valence-electron chi connectivity index (χ0n) is 38.5. The predicted molar refractivity (Wildman–Crippen MR) is 247 cm³/mol. The molecular weight excluding hydrogens is 696 g/mol. The zero-order chi connectivity index (χ0) is 40.6. The maximum Gasteiger partial charge on any atom is 0.222 e. The number of carbonyl (C=O) groups is 1. The highest BCUT2D eigenvalue weighted by Gasteiger charge is 2.26. The van der Waals surface area contributed by atoms with Gasteiger partial charge in [-0.15, -0.1) is 0 Å². The average molecular weight is 797 g/mol. The minimum absolute atomic E-state index is 0.0911. The third kappa shape index (κ3) is 35.3. The summed E-state index contributed by atoms with van der Waals surface area (Å²) < 4.78 is 13.5. The van der Waals surface area contributed by atoms with Crippen LogP contribution in [-0.4, -0.2) is 73.0 Å². The van der Waals surface area contributed by atoms with E-state index in [1.54, 1.807) is 0 Å². The van der Waals surface area contributed by atoms with E-state index in [-0.39, 0.29) is 18.2 Å². The number of amides is 1. The summed E-state index contributed by atoms with van der Waals surface area (Å²) in [5, 5.41) is 10.4. The summed E-state index contributed by atoms with van der Waals surface area (Å²) in [7, 11) is 2.03. The van der Waals surface area contributed by atoms with Crippen LogP contribution in [0.2, 0.25) is 0 Å². The fourth-order valence-electron chi connectivity index (χ4n) is 8.43. The summed E-state index contributed by atoms with van der Waals surface area (Å²) in [6, 6.07) is 0. The molecule has 0 aliphatic rings. The summed E-state index contributed by atoms with van der Waals surface area (Å²) in [5.41, 5.74) is -0.302. The monoisotopic (exact) mass is 797 g/mol. The molecule has 0 saturated heterocycles. The number of hydrogen-bond donors (Lipinski definition) is 1. The van der Waals surface area contributed by atoms with Gasteiger partial charge in [-0.3, -0.25) is 4.79 Å². The molecule has 4 unspecified atom stereocenters. The molecule has 0 radical (unpaired) electrons. The molecule has 0 heterocycles. The van der Waals surface area contributed by atoms with Gasteiger partial charge in [0.2, 0.25) is 5.91 Å². The second-order valence-electron chi connectivity index (χ2n) is 18.1. The first-order valence-electron chi connectivity index (χ1n) is 24.9. The van der Waals surface area contributed by atoms with Gasteiger partial charge < -0.3 is 19.5 Å². The second-order valence-corrected chi connectivity index (χ2v) is 20.4. The van der Waals surface area contributed by atoms with Crippen molar-refractivity contribution in [2.24, 2.45) is 11.8 Å². The maximum atomic E-state index is 14.3. The van der Waals surface area contributed by atoms with E-state index >= 15 is 0 Å². The van der Waals surface area contributed by atoms with Crippen LogP contribution in [0.5, 0.6) is 0 Å². The fraction of sp³-hybridized carbons (Fsp3) is 0.980. The van der Waals surface area contributed by atoms with Gasteiger partial charge in [-0.1, -0.05) is 220 Å². The molecule has 0 saturated carbocycles. The van der Waals surface area contributed by atoms with Gasteiger partial charge in [0, 0.05) is 32.2 Å². The Hall–Kier alpha value is -0.380. The predicted octanol–water partition coefficient (Wildman–Crippen LogP) is 14.9. The van der Waals surface area contributed by atoms with Crippen molar-refractivity contribution >= 4 is 13.7 Å². The third-order valence-electron chi connectivity index (χ3n) is 12.4. The molecule has 0 aliphatic heterocycles. The van der Waals surface area contributed by atoms with E-state index in [1.807, 2.05) is 14.1 Å². The SMILES string of the molecule is CCCCCCCCCCCCCC(CCCC)CCN(CC(CO)[PH](=O)CCN(C)C)C(=O)CC(CCCCCC)CCCCCCCCCCCCC. The smallest absolute Gasteiger partial charge is 0.222 e. The molecule has 0 aromatic heterocycles. The minimum Gasteiger partial charge on any atom is -0.396 e. The minimum atomic E-state index is -2.00. The summed E-state index contributed by atoms with van der Waals surface area (Å²) in [6.45, 7) is 11.0. The van der Waals surface area contributed by atoms with Crippen LogP contribution in [0.1, 0.15) is 246 Å². The molecule has 4 atom stereocenters. The molecule has 55 heavy (non-hydrogen) atoms. The van der Waals surface area contributed by atoms with E-state index in [2.05, 4.69) is 37.5 Å². The molecule has 1 amide bonds. The largest absolute Gasteiger partial charge is 0.396 e. The lowest BCUT2D eigenvalue weighted by atomic mass is 9.90. The fourth-order valence-corrected chi connectivity index (χ4v) is 10.1. The van der Waals surface area contributed by atoms with Crippen LogP contribution < -0.4 is 0 Å². The molecular formula is C49H101N2O3P. The highest BCUT2D eigenvalue weighted by atomic mass is 31.1. The van der Waals surface area contributed by atoms with Crippen molar-refractivity contribution in [2.75, 3.05) is 46.5 Å². The van der Waals surface area contributed by atoms with Crippen LogP contribution >= 0.6 is 7.80 Å². The van der Waals surface area contributed by atoms with Crippen molar-refractivity contribution in [2.45, 2.75) is 252 Å². The molecule has 0 aromatic rings. The molecule has 330 valence electrons. The lowest BCUT2D eigenvalue weighted by Crippen LogP contribution is -2.40. The number of aliphatic hydroxyl groups is 1. The van der Waals surface area contributed by atoms with Crippen LogP contribution in [0.15, 0.2) is 0 Å². The van der Waals surface area contributed by atoms with Crippen molar-refractivity contribution in [3.05, 3.63) is 0 Å². The number of aliphatic hydroxyl groups excluding tert-OH is 1. The van der Waals surface area contributed by atoms with Gasteiger partial charge in [0.15, 0.2) is 0 Å². The van der Waals surface area contributed by atoms with Gasteiger partial charge in [0.05, 0.1) is 20.1 Å². The average Bonchev–Trinajstić information content (AvgIpc) is 3.18. The number of unbranched alkanes of at least 4 members (excludes halogenated alkanes) is 24. The highest BCUT2D eigenvalue weighted by Crippen LogP contribution is 2.31. The summed E-state index contributed by atoms with van der Waals surface area (Å²) in [5.74, 6) is 1.35. The van der Waals surface area contributed by atoms with Crippen LogP contribution in [-0.2, 0) is 9.36 Å². The van der Waals surface area contributed by atoms with Crippen molar-refractivity contribution in [1.82, 2.24) is 9.80 Å². The topological polar surface area (TPSA) is 60.9 Å². The molecule has 0 aromatic carbocycles. The third-order valence-corrected chi connectivity index (χ3v) is 14.4.